The standard InChI is InChI=1S/C32H26N4O5S2/c1-19-28(30(37)35-21-9-5-4-6-10-21)29(20-12-14-23(39-2)24(17-20)40-3)36-31(38)25(42-32(36)34-19)18-22-13-15-27(41-22)43-26-11-7-8-16-33-26/h4-18,29H,1-3H3,(H,35,37)/b25-18-/t29-/m1/s1. The lowest BCUT2D eigenvalue weighted by Crippen LogP contribution is -2.40. The second-order valence-electron chi connectivity index (χ2n) is 9.44. The number of para-hydroxylation sites is 1. The number of pyridine rings is 1. The Morgan fingerprint density at radius 1 is 1.02 bits per heavy atom. The van der Waals surface area contributed by atoms with Crippen LogP contribution in [-0.4, -0.2) is 29.7 Å². The van der Waals surface area contributed by atoms with Gasteiger partial charge in [0.25, 0.3) is 11.5 Å². The van der Waals surface area contributed by atoms with Crippen molar-refractivity contribution in [2.75, 3.05) is 19.5 Å². The zero-order valence-electron chi connectivity index (χ0n) is 23.4. The summed E-state index contributed by atoms with van der Waals surface area (Å²) in [4.78, 5) is 37.3. The van der Waals surface area contributed by atoms with Crippen LogP contribution in [0.5, 0.6) is 11.5 Å². The summed E-state index contributed by atoms with van der Waals surface area (Å²) in [6.45, 7) is 1.78. The Morgan fingerprint density at radius 3 is 2.56 bits per heavy atom. The van der Waals surface area contributed by atoms with Gasteiger partial charge in [-0.2, -0.15) is 0 Å². The highest BCUT2D eigenvalue weighted by atomic mass is 32.2. The van der Waals surface area contributed by atoms with E-state index in [-0.39, 0.29) is 11.5 Å². The highest BCUT2D eigenvalue weighted by Crippen LogP contribution is 2.36. The van der Waals surface area contributed by atoms with E-state index < -0.39 is 6.04 Å². The SMILES string of the molecule is COc1ccc([C@@H]2C(C(=O)Nc3ccccc3)=C(C)N=c3s/c(=C\c4ccc(Sc5ccccn5)o4)c(=O)n32)cc1OC. The van der Waals surface area contributed by atoms with Gasteiger partial charge in [0.05, 0.1) is 36.1 Å². The summed E-state index contributed by atoms with van der Waals surface area (Å²) in [7, 11) is 3.10. The molecule has 0 bridgehead atoms. The van der Waals surface area contributed by atoms with Crippen molar-refractivity contribution in [1.29, 1.82) is 0 Å². The van der Waals surface area contributed by atoms with Crippen LogP contribution in [0, 0.1) is 0 Å². The van der Waals surface area contributed by atoms with Crippen LogP contribution < -0.4 is 29.7 Å². The lowest BCUT2D eigenvalue weighted by Gasteiger charge is -2.26. The van der Waals surface area contributed by atoms with Crippen LogP contribution in [-0.2, 0) is 4.79 Å². The van der Waals surface area contributed by atoms with Gasteiger partial charge in [-0.3, -0.25) is 14.2 Å². The van der Waals surface area contributed by atoms with Crippen LogP contribution in [0.1, 0.15) is 24.3 Å². The summed E-state index contributed by atoms with van der Waals surface area (Å²) in [5.41, 5.74) is 1.87. The number of thiazole rings is 1. The molecule has 4 heterocycles. The van der Waals surface area contributed by atoms with Crippen molar-refractivity contribution in [2.45, 2.75) is 23.1 Å². The van der Waals surface area contributed by atoms with Gasteiger partial charge in [-0.05, 0) is 72.8 Å². The minimum Gasteiger partial charge on any atom is -0.493 e. The summed E-state index contributed by atoms with van der Waals surface area (Å²) in [6.07, 6.45) is 3.42. The van der Waals surface area contributed by atoms with E-state index in [0.717, 1.165) is 5.03 Å². The molecule has 0 radical (unpaired) electrons. The number of nitrogens with zero attached hydrogens (tertiary/aromatic N) is 3. The molecule has 0 unspecified atom stereocenters. The number of allylic oxidation sites excluding steroid dienone is 1. The molecule has 2 aromatic carbocycles. The number of amides is 1. The molecule has 1 amide bonds. The first-order valence-corrected chi connectivity index (χ1v) is 14.9. The number of benzene rings is 2. The molecule has 0 spiro atoms. The minimum absolute atomic E-state index is 0.295. The second-order valence-corrected chi connectivity index (χ2v) is 11.5. The first-order chi connectivity index (χ1) is 20.9. The number of rotatable bonds is 8. The summed E-state index contributed by atoms with van der Waals surface area (Å²) in [5.74, 6) is 1.17. The van der Waals surface area contributed by atoms with Gasteiger partial charge in [-0.15, -0.1) is 0 Å². The molecule has 0 saturated carbocycles. The lowest BCUT2D eigenvalue weighted by molar-refractivity contribution is -0.113. The Balaban J connectivity index is 1.44. The maximum Gasteiger partial charge on any atom is 0.271 e. The molecule has 1 atom stereocenters. The van der Waals surface area contributed by atoms with Crippen LogP contribution in [0.3, 0.4) is 0 Å². The number of carbonyl (C=O) groups is 1. The zero-order valence-corrected chi connectivity index (χ0v) is 25.1. The predicted molar refractivity (Wildman–Crippen MR) is 165 cm³/mol. The molecule has 5 aromatic rings. The average molecular weight is 611 g/mol. The number of carbonyl (C=O) groups excluding carboxylic acids is 1. The molecular formula is C32H26N4O5S2. The summed E-state index contributed by atoms with van der Waals surface area (Å²) < 4.78 is 18.9. The van der Waals surface area contributed by atoms with Gasteiger partial charge in [0.15, 0.2) is 21.4 Å². The van der Waals surface area contributed by atoms with E-state index in [1.54, 1.807) is 68.3 Å². The van der Waals surface area contributed by atoms with Gasteiger partial charge in [0, 0.05) is 18.0 Å². The third-order valence-corrected chi connectivity index (χ3v) is 8.59. The van der Waals surface area contributed by atoms with Crippen molar-refractivity contribution in [1.82, 2.24) is 9.55 Å². The quantitative estimate of drug-likeness (QED) is 0.263. The summed E-state index contributed by atoms with van der Waals surface area (Å²) in [6, 6.07) is 23.1. The average Bonchev–Trinajstić information content (AvgIpc) is 3.59. The Kier molecular flexibility index (Phi) is 7.99. The monoisotopic (exact) mass is 610 g/mol. The zero-order chi connectivity index (χ0) is 29.9. The maximum absolute atomic E-state index is 14.0. The van der Waals surface area contributed by atoms with E-state index in [1.807, 2.05) is 48.5 Å². The van der Waals surface area contributed by atoms with E-state index in [0.29, 0.717) is 54.2 Å². The number of hydrogen-bond acceptors (Lipinski definition) is 9. The van der Waals surface area contributed by atoms with Crippen molar-refractivity contribution >= 4 is 40.8 Å². The van der Waals surface area contributed by atoms with Crippen molar-refractivity contribution in [3.8, 4) is 11.5 Å². The van der Waals surface area contributed by atoms with E-state index in [4.69, 9.17) is 18.9 Å². The fraction of sp³-hybridized carbons (Fsp3) is 0.125. The lowest BCUT2D eigenvalue weighted by atomic mass is 9.94. The molecule has 9 nitrogen and oxygen atoms in total. The smallest absolute Gasteiger partial charge is 0.271 e. The number of anilines is 1. The fourth-order valence-corrected chi connectivity index (χ4v) is 6.54. The van der Waals surface area contributed by atoms with Crippen molar-refractivity contribution in [2.24, 2.45) is 4.99 Å². The molecule has 0 aliphatic carbocycles. The number of hydrogen-bond donors (Lipinski definition) is 1. The van der Waals surface area contributed by atoms with Crippen molar-refractivity contribution in [3.05, 3.63) is 127 Å². The number of ether oxygens (including phenoxy) is 2. The molecular weight excluding hydrogens is 585 g/mol. The molecule has 1 aliphatic rings. The largest absolute Gasteiger partial charge is 0.493 e. The maximum atomic E-state index is 14.0. The minimum atomic E-state index is -0.770. The van der Waals surface area contributed by atoms with Gasteiger partial charge in [-0.1, -0.05) is 41.7 Å². The molecule has 1 aliphatic heterocycles. The summed E-state index contributed by atoms with van der Waals surface area (Å²) >= 11 is 2.62. The van der Waals surface area contributed by atoms with Crippen molar-refractivity contribution in [3.63, 3.8) is 0 Å². The van der Waals surface area contributed by atoms with Crippen LogP contribution in [0.2, 0.25) is 0 Å². The third-order valence-electron chi connectivity index (χ3n) is 6.74. The number of aromatic nitrogens is 2. The highest BCUT2D eigenvalue weighted by molar-refractivity contribution is 7.99. The van der Waals surface area contributed by atoms with Gasteiger partial charge in [-0.25, -0.2) is 9.98 Å². The van der Waals surface area contributed by atoms with Gasteiger partial charge in [0.1, 0.15) is 10.8 Å². The van der Waals surface area contributed by atoms with Crippen LogP contribution in [0.4, 0.5) is 5.69 Å². The van der Waals surface area contributed by atoms with Crippen LogP contribution >= 0.6 is 23.1 Å². The van der Waals surface area contributed by atoms with Gasteiger partial charge >= 0.3 is 0 Å². The Bertz CT molecular complexity index is 2010. The molecule has 3 aromatic heterocycles. The molecule has 11 heteroatoms. The fourth-order valence-electron chi connectivity index (χ4n) is 4.78. The highest BCUT2D eigenvalue weighted by Gasteiger charge is 2.33. The third kappa shape index (κ3) is 5.77. The molecule has 1 N–H and O–H groups in total. The molecule has 0 fully saturated rings. The number of nitrogens with one attached hydrogen (secondary N) is 1. The number of furan rings is 1. The van der Waals surface area contributed by atoms with E-state index >= 15 is 0 Å². The van der Waals surface area contributed by atoms with E-state index in [9.17, 15) is 9.59 Å². The summed E-state index contributed by atoms with van der Waals surface area (Å²) in [5, 5.41) is 4.41. The Morgan fingerprint density at radius 2 is 1.81 bits per heavy atom. The molecule has 43 heavy (non-hydrogen) atoms. The number of fused-ring (bicyclic) bond motifs is 1. The molecule has 0 saturated heterocycles. The molecule has 6 rings (SSSR count). The van der Waals surface area contributed by atoms with E-state index in [1.165, 1.54) is 23.1 Å². The Hall–Kier alpha value is -4.87. The predicted octanol–water partition coefficient (Wildman–Crippen LogP) is 5.03. The second kappa shape index (κ2) is 12.2. The van der Waals surface area contributed by atoms with Crippen LogP contribution in [0.15, 0.2) is 121 Å². The first kappa shape index (κ1) is 28.3. The van der Waals surface area contributed by atoms with E-state index in [2.05, 4.69) is 10.3 Å². The van der Waals surface area contributed by atoms with Gasteiger partial charge in [0.2, 0.25) is 0 Å². The normalized spacial score (nSPS) is 14.7. The molecule has 216 valence electrons. The van der Waals surface area contributed by atoms with Gasteiger partial charge < -0.3 is 19.2 Å². The van der Waals surface area contributed by atoms with Crippen LogP contribution in [0.25, 0.3) is 6.08 Å². The Labute approximate surface area is 254 Å². The first-order valence-electron chi connectivity index (χ1n) is 13.2. The number of methoxy groups -OCH3 is 2. The van der Waals surface area contributed by atoms with Crippen molar-refractivity contribution < 1.29 is 18.7 Å². The topological polar surface area (TPSA) is 108 Å².